The molecule has 0 spiro atoms. The van der Waals surface area contributed by atoms with Crippen LogP contribution in [0.1, 0.15) is 27.2 Å². The van der Waals surface area contributed by atoms with Crippen molar-refractivity contribution in [1.29, 1.82) is 0 Å². The van der Waals surface area contributed by atoms with Gasteiger partial charge in [0.2, 0.25) is 0 Å². The molecule has 0 radical (unpaired) electrons. The Hall–Kier alpha value is -1.63. The van der Waals surface area contributed by atoms with Crippen LogP contribution in [0.2, 0.25) is 0 Å². The Bertz CT molecular complexity index is 352. The standard InChI is InChI=1S/C16H23N/c1-5-8-12-16(15(4)6-2)13-10-9-11-14-17-7-3/h5,8-14H,1,6-7H2,2-4H3/b11-9+,12-8-,13-10-,16-15+,17-14+. The maximum absolute atomic E-state index is 4.10. The van der Waals surface area contributed by atoms with Gasteiger partial charge in [0.1, 0.15) is 0 Å². The molecule has 1 nitrogen and oxygen atoms in total. The Kier molecular flexibility index (Phi) is 9.83. The number of hydrogen-bond acceptors (Lipinski definition) is 1. The molecule has 0 unspecified atom stereocenters. The van der Waals surface area contributed by atoms with Gasteiger partial charge in [-0.25, -0.2) is 0 Å². The number of allylic oxidation sites excluding steroid dienone is 9. The van der Waals surface area contributed by atoms with Gasteiger partial charge in [0.05, 0.1) is 0 Å². The van der Waals surface area contributed by atoms with Gasteiger partial charge in [-0.05, 0) is 31.9 Å². The SMILES string of the molecule is C=C\C=C/C(/C=C\C=C\C=N\CC)=C(/C)CC. The summed E-state index contributed by atoms with van der Waals surface area (Å²) in [5.41, 5.74) is 2.61. The van der Waals surface area contributed by atoms with Crippen LogP contribution in [0, 0.1) is 0 Å². The molecule has 17 heavy (non-hydrogen) atoms. The Morgan fingerprint density at radius 2 is 1.76 bits per heavy atom. The molecule has 0 aliphatic heterocycles. The van der Waals surface area contributed by atoms with E-state index in [0.717, 1.165) is 13.0 Å². The Balaban J connectivity index is 4.60. The second-order valence-electron chi connectivity index (χ2n) is 3.58. The van der Waals surface area contributed by atoms with E-state index in [9.17, 15) is 0 Å². The van der Waals surface area contributed by atoms with Crippen molar-refractivity contribution in [2.75, 3.05) is 6.54 Å². The molecule has 0 fully saturated rings. The lowest BCUT2D eigenvalue weighted by Gasteiger charge is -2.00. The van der Waals surface area contributed by atoms with E-state index in [1.807, 2.05) is 37.4 Å². The monoisotopic (exact) mass is 229 g/mol. The topological polar surface area (TPSA) is 12.4 Å². The van der Waals surface area contributed by atoms with Crippen molar-refractivity contribution in [2.45, 2.75) is 27.2 Å². The zero-order valence-corrected chi connectivity index (χ0v) is 11.2. The lowest BCUT2D eigenvalue weighted by Crippen LogP contribution is -1.80. The van der Waals surface area contributed by atoms with Gasteiger partial charge in [-0.1, -0.05) is 55.5 Å². The first-order valence-corrected chi connectivity index (χ1v) is 6.08. The highest BCUT2D eigenvalue weighted by atomic mass is 14.7. The minimum atomic E-state index is 0.830. The highest BCUT2D eigenvalue weighted by Crippen LogP contribution is 2.11. The minimum absolute atomic E-state index is 0.830. The minimum Gasteiger partial charge on any atom is -0.293 e. The van der Waals surface area contributed by atoms with Crippen LogP contribution in [-0.4, -0.2) is 12.8 Å². The molecular weight excluding hydrogens is 206 g/mol. The van der Waals surface area contributed by atoms with E-state index in [0.29, 0.717) is 0 Å². The van der Waals surface area contributed by atoms with Crippen molar-refractivity contribution in [3.63, 3.8) is 0 Å². The summed E-state index contributed by atoms with van der Waals surface area (Å²) < 4.78 is 0. The summed E-state index contributed by atoms with van der Waals surface area (Å²) >= 11 is 0. The normalized spacial score (nSPS) is 14.3. The summed E-state index contributed by atoms with van der Waals surface area (Å²) in [6.07, 6.45) is 16.8. The Morgan fingerprint density at radius 3 is 2.35 bits per heavy atom. The summed E-state index contributed by atoms with van der Waals surface area (Å²) in [5.74, 6) is 0. The molecule has 0 N–H and O–H groups in total. The molecule has 0 saturated carbocycles. The molecular formula is C16H23N. The molecule has 92 valence electrons. The quantitative estimate of drug-likeness (QED) is 0.445. The van der Waals surface area contributed by atoms with Gasteiger partial charge in [0.25, 0.3) is 0 Å². The molecule has 0 atom stereocenters. The second-order valence-corrected chi connectivity index (χ2v) is 3.58. The van der Waals surface area contributed by atoms with Gasteiger partial charge >= 0.3 is 0 Å². The van der Waals surface area contributed by atoms with Crippen molar-refractivity contribution in [2.24, 2.45) is 4.99 Å². The molecule has 0 aromatic rings. The molecule has 0 aliphatic carbocycles. The van der Waals surface area contributed by atoms with Crippen LogP contribution in [0.15, 0.2) is 65.2 Å². The molecule has 0 saturated heterocycles. The van der Waals surface area contributed by atoms with Gasteiger partial charge < -0.3 is 0 Å². The Labute approximate surface area is 106 Å². The average molecular weight is 229 g/mol. The number of aliphatic imine (C=N–C) groups is 1. The molecule has 0 amide bonds. The van der Waals surface area contributed by atoms with Crippen LogP contribution >= 0.6 is 0 Å². The molecule has 0 aromatic heterocycles. The third-order valence-corrected chi connectivity index (χ3v) is 2.31. The van der Waals surface area contributed by atoms with Crippen molar-refractivity contribution in [1.82, 2.24) is 0 Å². The van der Waals surface area contributed by atoms with Crippen molar-refractivity contribution < 1.29 is 0 Å². The fourth-order valence-electron chi connectivity index (χ4n) is 1.16. The summed E-state index contributed by atoms with van der Waals surface area (Å²) in [6.45, 7) is 10.8. The van der Waals surface area contributed by atoms with E-state index in [4.69, 9.17) is 0 Å². The third kappa shape index (κ3) is 8.21. The van der Waals surface area contributed by atoms with Crippen LogP contribution < -0.4 is 0 Å². The molecule has 0 heterocycles. The van der Waals surface area contributed by atoms with Gasteiger partial charge in [-0.3, -0.25) is 4.99 Å². The van der Waals surface area contributed by atoms with E-state index in [1.54, 1.807) is 6.08 Å². The van der Waals surface area contributed by atoms with Crippen LogP contribution in [0.4, 0.5) is 0 Å². The predicted molar refractivity (Wildman–Crippen MR) is 79.6 cm³/mol. The molecule has 0 aliphatic rings. The smallest absolute Gasteiger partial charge is 0.0360 e. The second kappa shape index (κ2) is 10.9. The van der Waals surface area contributed by atoms with Crippen molar-refractivity contribution >= 4 is 6.21 Å². The maximum Gasteiger partial charge on any atom is 0.0360 e. The van der Waals surface area contributed by atoms with E-state index < -0.39 is 0 Å². The lowest BCUT2D eigenvalue weighted by molar-refractivity contribution is 1.08. The summed E-state index contributed by atoms with van der Waals surface area (Å²) in [4.78, 5) is 4.10. The third-order valence-electron chi connectivity index (χ3n) is 2.31. The van der Waals surface area contributed by atoms with E-state index in [2.05, 4.69) is 37.6 Å². The van der Waals surface area contributed by atoms with Crippen LogP contribution in [0.3, 0.4) is 0 Å². The molecule has 1 heteroatoms. The van der Waals surface area contributed by atoms with Gasteiger partial charge in [-0.2, -0.15) is 0 Å². The van der Waals surface area contributed by atoms with Gasteiger partial charge in [0, 0.05) is 12.8 Å². The zero-order chi connectivity index (χ0) is 12.9. The number of nitrogens with zero attached hydrogens (tertiary/aromatic N) is 1. The first-order valence-electron chi connectivity index (χ1n) is 6.08. The number of rotatable bonds is 7. The molecule has 0 bridgehead atoms. The fraction of sp³-hybridized carbons (Fsp3) is 0.312. The number of hydrogen-bond donors (Lipinski definition) is 0. The highest BCUT2D eigenvalue weighted by molar-refractivity contribution is 5.71. The van der Waals surface area contributed by atoms with Crippen LogP contribution in [0.5, 0.6) is 0 Å². The van der Waals surface area contributed by atoms with Crippen LogP contribution in [-0.2, 0) is 0 Å². The summed E-state index contributed by atoms with van der Waals surface area (Å²) in [7, 11) is 0. The average Bonchev–Trinajstić information content (AvgIpc) is 2.36. The fourth-order valence-corrected chi connectivity index (χ4v) is 1.16. The highest BCUT2D eigenvalue weighted by Gasteiger charge is 1.91. The first kappa shape index (κ1) is 15.4. The summed E-state index contributed by atoms with van der Waals surface area (Å²) in [6, 6.07) is 0. The maximum atomic E-state index is 4.10. The molecule has 0 rings (SSSR count). The van der Waals surface area contributed by atoms with Crippen LogP contribution in [0.25, 0.3) is 0 Å². The largest absolute Gasteiger partial charge is 0.293 e. The zero-order valence-electron chi connectivity index (χ0n) is 11.2. The van der Waals surface area contributed by atoms with Gasteiger partial charge in [0.15, 0.2) is 0 Å². The van der Waals surface area contributed by atoms with Crippen molar-refractivity contribution in [3.8, 4) is 0 Å². The van der Waals surface area contributed by atoms with Crippen molar-refractivity contribution in [3.05, 3.63) is 60.3 Å². The lowest BCUT2D eigenvalue weighted by atomic mass is 10.1. The summed E-state index contributed by atoms with van der Waals surface area (Å²) in [5, 5.41) is 0. The van der Waals surface area contributed by atoms with Gasteiger partial charge in [-0.15, -0.1) is 0 Å². The van der Waals surface area contributed by atoms with E-state index in [1.165, 1.54) is 11.1 Å². The van der Waals surface area contributed by atoms with E-state index >= 15 is 0 Å². The molecule has 0 aromatic carbocycles. The Morgan fingerprint density at radius 1 is 1.06 bits per heavy atom. The first-order chi connectivity index (χ1) is 8.26. The van der Waals surface area contributed by atoms with E-state index in [-0.39, 0.29) is 0 Å². The predicted octanol–water partition coefficient (Wildman–Crippen LogP) is 4.66.